The molecular formula is C28H40O6. The van der Waals surface area contributed by atoms with E-state index in [-0.39, 0.29) is 5.78 Å². The molecule has 0 saturated heterocycles. The number of carbonyl (C=O) groups excluding carboxylic acids is 1. The Labute approximate surface area is 204 Å². The zero-order valence-electron chi connectivity index (χ0n) is 21.4. The van der Waals surface area contributed by atoms with Crippen molar-refractivity contribution < 1.29 is 28.5 Å². The van der Waals surface area contributed by atoms with Crippen LogP contribution in [0.1, 0.15) is 73.7 Å². The molecule has 0 amide bonds. The SMILES string of the molecule is COc1ccc(OC)c(C(=O)CCCCCCCCCCc2cc(OC)c(OC)c(OC)c2)c1. The average molecular weight is 473 g/mol. The van der Waals surface area contributed by atoms with Crippen LogP contribution in [0, 0.1) is 0 Å². The van der Waals surface area contributed by atoms with Crippen LogP contribution in [0.4, 0.5) is 0 Å². The smallest absolute Gasteiger partial charge is 0.203 e. The van der Waals surface area contributed by atoms with Crippen molar-refractivity contribution in [2.24, 2.45) is 0 Å². The summed E-state index contributed by atoms with van der Waals surface area (Å²) in [6.45, 7) is 0. The van der Waals surface area contributed by atoms with Crippen LogP contribution in [-0.2, 0) is 6.42 Å². The molecule has 0 heterocycles. The molecule has 0 spiro atoms. The topological polar surface area (TPSA) is 63.2 Å². The van der Waals surface area contributed by atoms with Gasteiger partial charge in [-0.25, -0.2) is 0 Å². The molecule has 0 N–H and O–H groups in total. The maximum atomic E-state index is 12.6. The van der Waals surface area contributed by atoms with Gasteiger partial charge in [0, 0.05) is 6.42 Å². The minimum Gasteiger partial charge on any atom is -0.497 e. The van der Waals surface area contributed by atoms with Gasteiger partial charge in [-0.15, -0.1) is 0 Å². The molecular weight excluding hydrogens is 432 g/mol. The summed E-state index contributed by atoms with van der Waals surface area (Å²) < 4.78 is 26.8. The molecule has 0 saturated carbocycles. The van der Waals surface area contributed by atoms with E-state index >= 15 is 0 Å². The molecule has 6 nitrogen and oxygen atoms in total. The quantitative estimate of drug-likeness (QED) is 0.189. The van der Waals surface area contributed by atoms with Crippen molar-refractivity contribution >= 4 is 5.78 Å². The fourth-order valence-electron chi connectivity index (χ4n) is 4.12. The number of hydrogen-bond donors (Lipinski definition) is 0. The van der Waals surface area contributed by atoms with E-state index in [0.29, 0.717) is 40.7 Å². The zero-order valence-corrected chi connectivity index (χ0v) is 21.4. The number of hydrogen-bond acceptors (Lipinski definition) is 6. The van der Waals surface area contributed by atoms with E-state index in [1.807, 2.05) is 12.1 Å². The highest BCUT2D eigenvalue weighted by molar-refractivity contribution is 5.99. The Hall–Kier alpha value is -2.89. The van der Waals surface area contributed by atoms with Crippen LogP contribution in [0.15, 0.2) is 30.3 Å². The number of ketones is 1. The first-order valence-corrected chi connectivity index (χ1v) is 12.1. The minimum atomic E-state index is 0.113. The highest BCUT2D eigenvalue weighted by atomic mass is 16.5. The minimum absolute atomic E-state index is 0.113. The number of ether oxygens (including phenoxy) is 5. The second-order valence-corrected chi connectivity index (χ2v) is 8.35. The van der Waals surface area contributed by atoms with E-state index in [1.54, 1.807) is 53.7 Å². The Morgan fingerprint density at radius 1 is 0.618 bits per heavy atom. The molecule has 0 aliphatic rings. The van der Waals surface area contributed by atoms with E-state index in [4.69, 9.17) is 23.7 Å². The molecule has 6 heteroatoms. The Bertz CT molecular complexity index is 867. The van der Waals surface area contributed by atoms with Crippen molar-refractivity contribution in [2.45, 2.75) is 64.2 Å². The van der Waals surface area contributed by atoms with Gasteiger partial charge >= 0.3 is 0 Å². The van der Waals surface area contributed by atoms with Crippen LogP contribution < -0.4 is 23.7 Å². The number of benzene rings is 2. The zero-order chi connectivity index (χ0) is 24.8. The van der Waals surface area contributed by atoms with Crippen molar-refractivity contribution in [3.63, 3.8) is 0 Å². The summed E-state index contributed by atoms with van der Waals surface area (Å²) in [6, 6.07) is 9.42. The number of methoxy groups -OCH3 is 5. The number of carbonyl (C=O) groups is 1. The molecule has 0 aliphatic heterocycles. The summed E-state index contributed by atoms with van der Waals surface area (Å²) in [5.41, 5.74) is 1.81. The van der Waals surface area contributed by atoms with Gasteiger partial charge < -0.3 is 23.7 Å². The molecule has 0 unspecified atom stereocenters. The summed E-state index contributed by atoms with van der Waals surface area (Å²) >= 11 is 0. The molecule has 0 aliphatic carbocycles. The van der Waals surface area contributed by atoms with Crippen LogP contribution >= 0.6 is 0 Å². The maximum Gasteiger partial charge on any atom is 0.203 e. The summed E-state index contributed by atoms with van der Waals surface area (Å²) in [6.07, 6.45) is 10.7. The van der Waals surface area contributed by atoms with E-state index < -0.39 is 0 Å². The number of aryl methyl sites for hydroxylation is 1. The first-order chi connectivity index (χ1) is 16.6. The molecule has 0 fully saturated rings. The lowest BCUT2D eigenvalue weighted by atomic mass is 10.0. The molecule has 0 bridgehead atoms. The molecule has 0 aromatic heterocycles. The lowest BCUT2D eigenvalue weighted by Gasteiger charge is -2.14. The van der Waals surface area contributed by atoms with Crippen LogP contribution in [-0.4, -0.2) is 41.3 Å². The second-order valence-electron chi connectivity index (χ2n) is 8.35. The molecule has 2 rings (SSSR count). The monoisotopic (exact) mass is 472 g/mol. The summed E-state index contributed by atoms with van der Waals surface area (Å²) in [4.78, 5) is 12.6. The Morgan fingerprint density at radius 2 is 1.18 bits per heavy atom. The fourth-order valence-corrected chi connectivity index (χ4v) is 4.12. The largest absolute Gasteiger partial charge is 0.497 e. The van der Waals surface area contributed by atoms with Crippen molar-refractivity contribution in [3.8, 4) is 28.7 Å². The van der Waals surface area contributed by atoms with Crippen LogP contribution in [0.3, 0.4) is 0 Å². The van der Waals surface area contributed by atoms with Crippen molar-refractivity contribution in [2.75, 3.05) is 35.5 Å². The number of unbranched alkanes of at least 4 members (excludes halogenated alkanes) is 7. The third kappa shape index (κ3) is 8.15. The Morgan fingerprint density at radius 3 is 1.71 bits per heavy atom. The molecule has 2 aromatic carbocycles. The number of rotatable bonds is 17. The average Bonchev–Trinajstić information content (AvgIpc) is 2.88. The van der Waals surface area contributed by atoms with Gasteiger partial charge in [0.05, 0.1) is 41.1 Å². The van der Waals surface area contributed by atoms with Gasteiger partial charge in [-0.3, -0.25) is 4.79 Å². The van der Waals surface area contributed by atoms with Gasteiger partial charge in [0.25, 0.3) is 0 Å². The van der Waals surface area contributed by atoms with Crippen LogP contribution in [0.5, 0.6) is 28.7 Å². The van der Waals surface area contributed by atoms with Crippen LogP contribution in [0.2, 0.25) is 0 Å². The number of Topliss-reactive ketones (excluding diaryl/α,β-unsaturated/α-hetero) is 1. The van der Waals surface area contributed by atoms with Gasteiger partial charge in [-0.05, 0) is 55.2 Å². The molecule has 188 valence electrons. The third-order valence-electron chi connectivity index (χ3n) is 6.05. The van der Waals surface area contributed by atoms with Crippen molar-refractivity contribution in [1.29, 1.82) is 0 Å². The molecule has 34 heavy (non-hydrogen) atoms. The Kier molecular flexibility index (Phi) is 12.1. The van der Waals surface area contributed by atoms with Gasteiger partial charge in [-0.1, -0.05) is 38.5 Å². The normalized spacial score (nSPS) is 10.6. The predicted molar refractivity (Wildman–Crippen MR) is 135 cm³/mol. The van der Waals surface area contributed by atoms with E-state index in [1.165, 1.54) is 31.2 Å². The van der Waals surface area contributed by atoms with E-state index in [0.717, 1.165) is 32.1 Å². The lowest BCUT2D eigenvalue weighted by molar-refractivity contribution is 0.0975. The molecule has 2 aromatic rings. The standard InChI is InChI=1S/C28H40O6/c1-30-22-16-17-25(31-2)23(20-22)24(29)15-13-11-9-7-6-8-10-12-14-21-18-26(32-3)28(34-5)27(19-21)33-4/h16-20H,6-15H2,1-5H3. The van der Waals surface area contributed by atoms with Crippen molar-refractivity contribution in [3.05, 3.63) is 41.5 Å². The second kappa shape index (κ2) is 15.1. The van der Waals surface area contributed by atoms with Gasteiger partial charge in [0.15, 0.2) is 17.3 Å². The first kappa shape index (κ1) is 27.4. The summed E-state index contributed by atoms with van der Waals surface area (Å²) in [5.74, 6) is 3.45. The first-order valence-electron chi connectivity index (χ1n) is 12.1. The van der Waals surface area contributed by atoms with Gasteiger partial charge in [-0.2, -0.15) is 0 Å². The summed E-state index contributed by atoms with van der Waals surface area (Å²) in [7, 11) is 8.10. The third-order valence-corrected chi connectivity index (χ3v) is 6.05. The highest BCUT2D eigenvalue weighted by Gasteiger charge is 2.14. The predicted octanol–water partition coefficient (Wildman–Crippen LogP) is 6.67. The maximum absolute atomic E-state index is 12.6. The lowest BCUT2D eigenvalue weighted by Crippen LogP contribution is -2.03. The molecule has 0 radical (unpaired) electrons. The molecule has 0 atom stereocenters. The van der Waals surface area contributed by atoms with Gasteiger partial charge in [0.2, 0.25) is 5.75 Å². The summed E-state index contributed by atoms with van der Waals surface area (Å²) in [5, 5.41) is 0. The fraction of sp³-hybridized carbons (Fsp3) is 0.536. The Balaban J connectivity index is 1.60. The van der Waals surface area contributed by atoms with Crippen LogP contribution in [0.25, 0.3) is 0 Å². The van der Waals surface area contributed by atoms with Crippen molar-refractivity contribution in [1.82, 2.24) is 0 Å². The van der Waals surface area contributed by atoms with E-state index in [2.05, 4.69) is 0 Å². The van der Waals surface area contributed by atoms with E-state index in [9.17, 15) is 4.79 Å². The highest BCUT2D eigenvalue weighted by Crippen LogP contribution is 2.38. The van der Waals surface area contributed by atoms with Gasteiger partial charge in [0.1, 0.15) is 11.5 Å².